The monoisotopic (exact) mass is 435 g/mol. The molecule has 1 atom stereocenters. The van der Waals surface area contributed by atoms with Crippen molar-refractivity contribution in [2.24, 2.45) is 0 Å². The second-order valence-electron chi connectivity index (χ2n) is 6.05. The van der Waals surface area contributed by atoms with Crippen molar-refractivity contribution in [2.75, 3.05) is 41.7 Å². The molecule has 0 aromatic heterocycles. The molecule has 30 heavy (non-hydrogen) atoms. The summed E-state index contributed by atoms with van der Waals surface area (Å²) in [6.07, 6.45) is -0.217. The minimum Gasteiger partial charge on any atom is -0.497 e. The molecule has 8 nitrogen and oxygen atoms in total. The van der Waals surface area contributed by atoms with E-state index < -0.39 is 13.3 Å². The predicted molar refractivity (Wildman–Crippen MR) is 111 cm³/mol. The summed E-state index contributed by atoms with van der Waals surface area (Å²) in [5, 5.41) is 0. The van der Waals surface area contributed by atoms with Gasteiger partial charge in [0.05, 0.1) is 47.5 Å². The van der Waals surface area contributed by atoms with Gasteiger partial charge in [-0.15, -0.1) is 0 Å². The van der Waals surface area contributed by atoms with Crippen molar-refractivity contribution in [3.8, 4) is 28.7 Å². The molecule has 0 aliphatic rings. The molecule has 0 aliphatic heterocycles. The first-order valence-electron chi connectivity index (χ1n) is 8.94. The van der Waals surface area contributed by atoms with Crippen molar-refractivity contribution in [3.05, 3.63) is 41.5 Å². The lowest BCUT2D eigenvalue weighted by Crippen LogP contribution is -2.07. The molecule has 0 bridgehead atoms. The van der Waals surface area contributed by atoms with E-state index in [-0.39, 0.29) is 35.4 Å². The van der Waals surface area contributed by atoms with Gasteiger partial charge in [-0.3, -0.25) is 4.79 Å². The van der Waals surface area contributed by atoms with Gasteiger partial charge < -0.3 is 23.7 Å². The lowest BCUT2D eigenvalue weighted by molar-refractivity contribution is 0.0986. The van der Waals surface area contributed by atoms with Crippen LogP contribution >= 0.6 is 7.80 Å². The maximum absolute atomic E-state index is 12.8. The summed E-state index contributed by atoms with van der Waals surface area (Å²) in [6, 6.07) is 7.81. The van der Waals surface area contributed by atoms with Gasteiger partial charge >= 0.3 is 13.3 Å². The van der Waals surface area contributed by atoms with E-state index in [9.17, 15) is 14.2 Å². The van der Waals surface area contributed by atoms with Crippen LogP contribution in [-0.4, -0.2) is 53.0 Å². The van der Waals surface area contributed by atoms with Crippen LogP contribution in [0.2, 0.25) is 0 Å². The van der Waals surface area contributed by atoms with Crippen LogP contribution in [0.3, 0.4) is 0 Å². The number of carbonyl (C=O) groups excluding carboxylic acids is 2. The van der Waals surface area contributed by atoms with Crippen molar-refractivity contribution < 1.29 is 37.8 Å². The zero-order chi connectivity index (χ0) is 22.3. The van der Waals surface area contributed by atoms with E-state index >= 15 is 0 Å². The quantitative estimate of drug-likeness (QED) is 0.386. The summed E-state index contributed by atoms with van der Waals surface area (Å²) in [6.45, 7) is 0. The van der Waals surface area contributed by atoms with E-state index in [0.29, 0.717) is 22.8 Å². The first-order valence-corrected chi connectivity index (χ1v) is 10.4. The zero-order valence-corrected chi connectivity index (χ0v) is 18.4. The maximum Gasteiger partial charge on any atom is 0.420 e. The molecule has 0 saturated heterocycles. The van der Waals surface area contributed by atoms with E-state index in [0.717, 1.165) is 0 Å². The summed E-state index contributed by atoms with van der Waals surface area (Å²) < 4.78 is 38.7. The van der Waals surface area contributed by atoms with Crippen molar-refractivity contribution in [2.45, 2.75) is 6.42 Å². The second kappa shape index (κ2) is 10.6. The number of rotatable bonds is 11. The Morgan fingerprint density at radius 2 is 1.30 bits per heavy atom. The van der Waals surface area contributed by atoms with Gasteiger partial charge in [-0.05, 0) is 12.1 Å². The normalized spacial score (nSPS) is 10.8. The van der Waals surface area contributed by atoms with Crippen molar-refractivity contribution in [1.29, 1.82) is 0 Å². The highest BCUT2D eigenvalue weighted by atomic mass is 31.1. The lowest BCUT2D eigenvalue weighted by atomic mass is 10.1. The molecule has 2 aromatic carbocycles. The lowest BCUT2D eigenvalue weighted by Gasteiger charge is -2.11. The molecular formula is C21H24O8P+. The van der Waals surface area contributed by atoms with Crippen molar-refractivity contribution in [3.63, 3.8) is 0 Å². The Bertz CT molecular complexity index is 929. The molecule has 160 valence electrons. The number of ether oxygens (including phenoxy) is 5. The Hall–Kier alpha value is -3.12. The molecule has 0 amide bonds. The number of Topliss-reactive ketones (excluding diaryl/α,β-unsaturated/α-hetero) is 1. The molecule has 0 fully saturated rings. The Morgan fingerprint density at radius 1 is 0.767 bits per heavy atom. The fraction of sp³-hybridized carbons (Fsp3) is 0.333. The molecule has 2 rings (SSSR count). The van der Waals surface area contributed by atoms with Crippen LogP contribution < -0.4 is 23.7 Å². The number of carbonyl (C=O) groups is 2. The van der Waals surface area contributed by atoms with E-state index in [1.807, 2.05) is 0 Å². The first kappa shape index (κ1) is 23.2. The maximum atomic E-state index is 12.8. The summed E-state index contributed by atoms with van der Waals surface area (Å²) in [5.74, 6) is 1.39. The Labute approximate surface area is 175 Å². The third kappa shape index (κ3) is 5.07. The van der Waals surface area contributed by atoms with Gasteiger partial charge in [-0.1, -0.05) is 4.57 Å². The van der Waals surface area contributed by atoms with E-state index in [1.54, 1.807) is 18.2 Å². The highest BCUT2D eigenvalue weighted by Crippen LogP contribution is 2.40. The van der Waals surface area contributed by atoms with Crippen LogP contribution in [-0.2, 0) is 4.57 Å². The fourth-order valence-electron chi connectivity index (χ4n) is 2.81. The van der Waals surface area contributed by atoms with Gasteiger partial charge in [-0.25, -0.2) is 4.79 Å². The minimum absolute atomic E-state index is 0.0522. The van der Waals surface area contributed by atoms with Gasteiger partial charge in [0.1, 0.15) is 28.7 Å². The number of ketones is 1. The van der Waals surface area contributed by atoms with Crippen LogP contribution in [0.15, 0.2) is 30.3 Å². The van der Waals surface area contributed by atoms with Gasteiger partial charge in [-0.2, -0.15) is 0 Å². The largest absolute Gasteiger partial charge is 0.497 e. The van der Waals surface area contributed by atoms with Crippen LogP contribution in [0, 0.1) is 0 Å². The zero-order valence-electron chi connectivity index (χ0n) is 17.5. The predicted octanol–water partition coefficient (Wildman–Crippen LogP) is 3.97. The standard InChI is InChI=1S/C21H24O8P/c1-25-13-6-7-15(17(10-13)27-3)16(22)8-9-30(24)21(23)20-18(28-4)11-14(26-2)12-19(20)29-5/h6-7,10-12H,8-9H2,1-5H3/q+1. The highest BCUT2D eigenvalue weighted by Gasteiger charge is 2.36. The van der Waals surface area contributed by atoms with Crippen LogP contribution in [0.4, 0.5) is 0 Å². The molecule has 1 unspecified atom stereocenters. The fourth-order valence-corrected chi connectivity index (χ4v) is 3.89. The molecule has 2 aromatic rings. The van der Waals surface area contributed by atoms with Gasteiger partial charge in [0.15, 0.2) is 17.5 Å². The molecule has 0 radical (unpaired) electrons. The van der Waals surface area contributed by atoms with Crippen LogP contribution in [0.1, 0.15) is 27.1 Å². The Balaban J connectivity index is 2.19. The molecule has 0 aliphatic carbocycles. The average molecular weight is 435 g/mol. The topological polar surface area (TPSA) is 97.4 Å². The summed E-state index contributed by atoms with van der Waals surface area (Å²) >= 11 is 0. The van der Waals surface area contributed by atoms with Crippen molar-refractivity contribution >= 4 is 19.1 Å². The third-order valence-electron chi connectivity index (χ3n) is 4.41. The summed E-state index contributed by atoms with van der Waals surface area (Å²) in [5.41, 5.74) is -0.277. The third-order valence-corrected chi connectivity index (χ3v) is 5.71. The van der Waals surface area contributed by atoms with Crippen molar-refractivity contribution in [1.82, 2.24) is 0 Å². The van der Waals surface area contributed by atoms with E-state index in [2.05, 4.69) is 0 Å². The Kier molecular flexibility index (Phi) is 8.18. The number of hydrogen-bond acceptors (Lipinski definition) is 8. The first-order chi connectivity index (χ1) is 14.4. The van der Waals surface area contributed by atoms with E-state index in [4.69, 9.17) is 23.7 Å². The number of methoxy groups -OCH3 is 5. The molecule has 0 saturated carbocycles. The van der Waals surface area contributed by atoms with Gasteiger partial charge in [0.2, 0.25) is 0 Å². The minimum atomic E-state index is -2.40. The second-order valence-corrected chi connectivity index (χ2v) is 7.66. The number of hydrogen-bond donors (Lipinski definition) is 0. The Morgan fingerprint density at radius 3 is 1.80 bits per heavy atom. The van der Waals surface area contributed by atoms with Crippen LogP contribution in [0.5, 0.6) is 28.7 Å². The average Bonchev–Trinajstić information content (AvgIpc) is 2.79. The highest BCUT2D eigenvalue weighted by molar-refractivity contribution is 7.64. The molecular weight excluding hydrogens is 411 g/mol. The summed E-state index contributed by atoms with van der Waals surface area (Å²) in [7, 11) is 4.79. The SMILES string of the molecule is COc1ccc(C(=O)CC[P+](=O)C(=O)c2c(OC)cc(OC)cc2OC)c(OC)c1. The van der Waals surface area contributed by atoms with E-state index in [1.165, 1.54) is 47.7 Å². The number of benzene rings is 2. The molecule has 0 heterocycles. The van der Waals surface area contributed by atoms with Gasteiger partial charge in [0, 0.05) is 18.2 Å². The molecule has 9 heteroatoms. The molecule has 0 spiro atoms. The molecule has 0 N–H and O–H groups in total. The van der Waals surface area contributed by atoms with Crippen LogP contribution in [0.25, 0.3) is 0 Å². The van der Waals surface area contributed by atoms with Gasteiger partial charge in [0.25, 0.3) is 0 Å². The smallest absolute Gasteiger partial charge is 0.420 e. The summed E-state index contributed by atoms with van der Waals surface area (Å²) in [4.78, 5) is 25.4.